The third-order valence-corrected chi connectivity index (χ3v) is 5.59. The van der Waals surface area contributed by atoms with E-state index >= 15 is 0 Å². The van der Waals surface area contributed by atoms with Gasteiger partial charge in [-0.2, -0.15) is 0 Å². The highest BCUT2D eigenvalue weighted by atomic mass is 28.4. The molecule has 3 nitrogen and oxygen atoms in total. The molecule has 1 unspecified atom stereocenters. The Morgan fingerprint density at radius 3 is 2.88 bits per heavy atom. The van der Waals surface area contributed by atoms with E-state index in [1.807, 2.05) is 6.20 Å². The first-order chi connectivity index (χ1) is 8.07. The minimum absolute atomic E-state index is 0.210. The van der Waals surface area contributed by atoms with Crippen molar-refractivity contribution in [1.29, 1.82) is 0 Å². The van der Waals surface area contributed by atoms with Crippen molar-refractivity contribution in [3.05, 3.63) is 12.8 Å². The maximum absolute atomic E-state index is 6.28. The molecule has 0 bridgehead atoms. The Bertz CT molecular complexity index is 233. The van der Waals surface area contributed by atoms with Gasteiger partial charge >= 0.3 is 0 Å². The second kappa shape index (κ2) is 7.19. The predicted molar refractivity (Wildman–Crippen MR) is 74.7 cm³/mol. The summed E-state index contributed by atoms with van der Waals surface area (Å²) in [5.74, 6) is 0. The van der Waals surface area contributed by atoms with Crippen LogP contribution in [0.4, 0.5) is 0 Å². The zero-order chi connectivity index (χ0) is 12.7. The average molecular weight is 257 g/mol. The van der Waals surface area contributed by atoms with E-state index in [9.17, 15) is 0 Å². The molecule has 0 spiro atoms. The second-order valence-electron chi connectivity index (χ2n) is 5.36. The van der Waals surface area contributed by atoms with E-state index in [-0.39, 0.29) is 6.10 Å². The van der Waals surface area contributed by atoms with E-state index < -0.39 is 8.32 Å². The number of rotatable bonds is 5. The molecule has 0 saturated carbocycles. The summed E-state index contributed by atoms with van der Waals surface area (Å²) in [6.07, 6.45) is 4.41. The van der Waals surface area contributed by atoms with E-state index in [1.54, 1.807) is 0 Å². The summed E-state index contributed by atoms with van der Waals surface area (Å²) in [6, 6.07) is 1.20. The summed E-state index contributed by atoms with van der Waals surface area (Å²) in [5, 5.41) is 0. The molecule has 0 aliphatic carbocycles. The quantitative estimate of drug-likeness (QED) is 0.707. The Morgan fingerprint density at radius 1 is 1.47 bits per heavy atom. The summed E-state index contributed by atoms with van der Waals surface area (Å²) in [5.41, 5.74) is 0. The molecule has 17 heavy (non-hydrogen) atoms. The lowest BCUT2D eigenvalue weighted by atomic mass is 10.3. The van der Waals surface area contributed by atoms with Gasteiger partial charge in [0.25, 0.3) is 0 Å². The minimum atomic E-state index is -1.48. The van der Waals surface area contributed by atoms with E-state index in [0.29, 0.717) is 0 Å². The van der Waals surface area contributed by atoms with Gasteiger partial charge in [0.2, 0.25) is 0 Å². The molecule has 1 saturated heterocycles. The zero-order valence-corrected chi connectivity index (χ0v) is 12.6. The van der Waals surface area contributed by atoms with Crippen LogP contribution in [0.1, 0.15) is 19.8 Å². The highest BCUT2D eigenvalue weighted by Gasteiger charge is 2.28. The summed E-state index contributed by atoms with van der Waals surface area (Å²) in [7, 11) is -1.48. The van der Waals surface area contributed by atoms with Crippen molar-refractivity contribution >= 4 is 8.32 Å². The SMILES string of the molecule is C=CN(CCC)CC1COCCC[Si](C)(C)O1. The largest absolute Gasteiger partial charge is 0.410 e. The molecule has 0 aromatic carbocycles. The first kappa shape index (κ1) is 14.7. The van der Waals surface area contributed by atoms with Crippen LogP contribution >= 0.6 is 0 Å². The van der Waals surface area contributed by atoms with Gasteiger partial charge in [0.1, 0.15) is 0 Å². The first-order valence-electron chi connectivity index (χ1n) is 6.69. The average Bonchev–Trinajstić information content (AvgIpc) is 2.24. The van der Waals surface area contributed by atoms with Gasteiger partial charge in [0.05, 0.1) is 12.7 Å². The van der Waals surface area contributed by atoms with E-state index in [2.05, 4.69) is 31.5 Å². The van der Waals surface area contributed by atoms with E-state index in [1.165, 1.54) is 6.04 Å². The summed E-state index contributed by atoms with van der Waals surface area (Å²) in [4.78, 5) is 2.24. The van der Waals surface area contributed by atoms with Crippen LogP contribution < -0.4 is 0 Å². The van der Waals surface area contributed by atoms with Crippen molar-refractivity contribution in [2.45, 2.75) is 45.0 Å². The molecule has 1 heterocycles. The van der Waals surface area contributed by atoms with Crippen LogP contribution in [-0.2, 0) is 9.16 Å². The van der Waals surface area contributed by atoms with Crippen molar-refractivity contribution in [2.24, 2.45) is 0 Å². The molecular weight excluding hydrogens is 230 g/mol. The topological polar surface area (TPSA) is 21.7 Å². The monoisotopic (exact) mass is 257 g/mol. The van der Waals surface area contributed by atoms with Crippen LogP contribution in [0.15, 0.2) is 12.8 Å². The predicted octanol–water partition coefficient (Wildman–Crippen LogP) is 2.85. The fourth-order valence-corrected chi connectivity index (χ4v) is 4.41. The lowest BCUT2D eigenvalue weighted by Crippen LogP contribution is -2.44. The molecule has 1 aliphatic rings. The molecule has 1 atom stereocenters. The van der Waals surface area contributed by atoms with Crippen molar-refractivity contribution in [1.82, 2.24) is 4.90 Å². The van der Waals surface area contributed by atoms with Gasteiger partial charge in [-0.05, 0) is 38.2 Å². The normalized spacial score (nSPS) is 24.8. The molecule has 4 heteroatoms. The van der Waals surface area contributed by atoms with Crippen molar-refractivity contribution < 1.29 is 9.16 Å². The third-order valence-electron chi connectivity index (χ3n) is 3.06. The Balaban J connectivity index is 2.50. The molecule has 0 N–H and O–H groups in total. The Hall–Kier alpha value is -0.323. The number of nitrogens with zero attached hydrogens (tertiary/aromatic N) is 1. The third kappa shape index (κ3) is 5.70. The van der Waals surface area contributed by atoms with Gasteiger partial charge in [-0.25, -0.2) is 0 Å². The van der Waals surface area contributed by atoms with Gasteiger partial charge in [0, 0.05) is 19.7 Å². The number of hydrogen-bond acceptors (Lipinski definition) is 3. The fraction of sp³-hybridized carbons (Fsp3) is 0.846. The fourth-order valence-electron chi connectivity index (χ4n) is 2.25. The van der Waals surface area contributed by atoms with Crippen molar-refractivity contribution in [3.63, 3.8) is 0 Å². The van der Waals surface area contributed by atoms with Crippen LogP contribution in [0.5, 0.6) is 0 Å². The molecule has 1 fully saturated rings. The lowest BCUT2D eigenvalue weighted by molar-refractivity contribution is 0.0237. The van der Waals surface area contributed by atoms with Gasteiger partial charge in [-0.3, -0.25) is 0 Å². The molecule has 0 amide bonds. The molecular formula is C13H27NO2Si. The maximum Gasteiger partial charge on any atom is 0.187 e. The zero-order valence-electron chi connectivity index (χ0n) is 11.6. The Labute approximate surface area is 107 Å². The van der Waals surface area contributed by atoms with Crippen LogP contribution in [0, 0.1) is 0 Å². The van der Waals surface area contributed by atoms with E-state index in [4.69, 9.17) is 9.16 Å². The molecule has 100 valence electrons. The van der Waals surface area contributed by atoms with Crippen molar-refractivity contribution in [3.8, 4) is 0 Å². The highest BCUT2D eigenvalue weighted by molar-refractivity contribution is 6.71. The van der Waals surface area contributed by atoms with Gasteiger partial charge in [0.15, 0.2) is 8.32 Å². The van der Waals surface area contributed by atoms with Gasteiger partial charge in [-0.1, -0.05) is 13.5 Å². The second-order valence-corrected chi connectivity index (χ2v) is 9.61. The van der Waals surface area contributed by atoms with Crippen LogP contribution in [0.25, 0.3) is 0 Å². The molecule has 0 radical (unpaired) electrons. The Morgan fingerprint density at radius 2 is 2.24 bits per heavy atom. The number of hydrogen-bond donors (Lipinski definition) is 0. The minimum Gasteiger partial charge on any atom is -0.410 e. The molecule has 0 aromatic heterocycles. The Kier molecular flexibility index (Phi) is 6.23. The van der Waals surface area contributed by atoms with Crippen molar-refractivity contribution in [2.75, 3.05) is 26.3 Å². The molecule has 1 rings (SSSR count). The summed E-state index contributed by atoms with van der Waals surface area (Å²) < 4.78 is 11.9. The maximum atomic E-state index is 6.28. The number of ether oxygens (including phenoxy) is 1. The summed E-state index contributed by atoms with van der Waals surface area (Å²) >= 11 is 0. The highest BCUT2D eigenvalue weighted by Crippen LogP contribution is 2.19. The van der Waals surface area contributed by atoms with Crippen LogP contribution in [-0.4, -0.2) is 45.6 Å². The molecule has 1 aliphatic heterocycles. The van der Waals surface area contributed by atoms with Gasteiger partial charge in [-0.15, -0.1) is 0 Å². The standard InChI is InChI=1S/C13H27NO2Si/c1-5-8-14(6-2)11-13-12-15-9-7-10-17(3,4)16-13/h6,13H,2,5,7-12H2,1,3-4H3. The smallest absolute Gasteiger partial charge is 0.187 e. The lowest BCUT2D eigenvalue weighted by Gasteiger charge is -2.34. The molecule has 0 aromatic rings. The van der Waals surface area contributed by atoms with E-state index in [0.717, 1.165) is 39.1 Å². The van der Waals surface area contributed by atoms with Crippen LogP contribution in [0.2, 0.25) is 19.1 Å². The van der Waals surface area contributed by atoms with Gasteiger partial charge < -0.3 is 14.1 Å². The first-order valence-corrected chi connectivity index (χ1v) is 9.81. The summed E-state index contributed by atoms with van der Waals surface area (Å²) in [6.45, 7) is 14.2. The van der Waals surface area contributed by atoms with Crippen LogP contribution in [0.3, 0.4) is 0 Å².